The van der Waals surface area contributed by atoms with Crippen LogP contribution in [0.25, 0.3) is 0 Å². The van der Waals surface area contributed by atoms with Crippen LogP contribution in [0, 0.1) is 10.1 Å². The Morgan fingerprint density at radius 2 is 1.93 bits per heavy atom. The monoisotopic (exact) mass is 197 g/mol. The predicted molar refractivity (Wildman–Crippen MR) is 56.9 cm³/mol. The molecule has 4 N–H and O–H groups in total. The van der Waals surface area contributed by atoms with Crippen molar-refractivity contribution in [2.75, 3.05) is 5.32 Å². The molecule has 0 aliphatic carbocycles. The molecule has 0 amide bonds. The lowest BCUT2D eigenvalue weighted by Gasteiger charge is -2.09. The number of para-hydroxylation sites is 2. The Morgan fingerprint density at radius 3 is 2.43 bits per heavy atom. The molecule has 0 radical (unpaired) electrons. The molecule has 0 saturated carbocycles. The van der Waals surface area contributed by atoms with E-state index in [-0.39, 0.29) is 22.8 Å². The van der Waals surface area contributed by atoms with Gasteiger partial charge < -0.3 is 11.5 Å². The first-order valence-corrected chi connectivity index (χ1v) is 4.11. The number of nitrogens with zero attached hydrogens (tertiary/aromatic N) is 1. The quantitative estimate of drug-likeness (QED) is 0.575. The molecular weight excluding hydrogens is 182 g/mol. The molecule has 0 heterocycles. The van der Waals surface area contributed by atoms with Gasteiger partial charge in [-0.15, -0.1) is 0 Å². The molecule has 0 aliphatic rings. The molecule has 14 heavy (non-hydrogen) atoms. The van der Waals surface area contributed by atoms with Crippen molar-refractivity contribution in [1.82, 2.24) is 6.15 Å². The van der Waals surface area contributed by atoms with Crippen molar-refractivity contribution in [3.63, 3.8) is 0 Å². The van der Waals surface area contributed by atoms with Crippen molar-refractivity contribution in [3.8, 4) is 0 Å². The minimum absolute atomic E-state index is 0. The molecule has 0 fully saturated rings. The largest absolute Gasteiger partial charge is 0.377 e. The van der Waals surface area contributed by atoms with Gasteiger partial charge in [-0.1, -0.05) is 12.1 Å². The Balaban J connectivity index is 0.00000169. The van der Waals surface area contributed by atoms with Crippen LogP contribution < -0.4 is 11.5 Å². The summed E-state index contributed by atoms with van der Waals surface area (Å²) < 4.78 is 0. The van der Waals surface area contributed by atoms with Crippen LogP contribution >= 0.6 is 0 Å². The molecule has 0 unspecified atom stereocenters. The maximum Gasteiger partial charge on any atom is 0.292 e. The van der Waals surface area contributed by atoms with Crippen LogP contribution in [0.3, 0.4) is 0 Å². The first-order valence-electron chi connectivity index (χ1n) is 4.11. The van der Waals surface area contributed by atoms with Gasteiger partial charge in [0.15, 0.2) is 0 Å². The molecule has 1 aromatic rings. The van der Waals surface area contributed by atoms with Gasteiger partial charge in [0.1, 0.15) is 5.69 Å². The number of nitrogens with one attached hydrogen (secondary N) is 1. The van der Waals surface area contributed by atoms with Gasteiger partial charge in [-0.3, -0.25) is 10.1 Å². The molecular formula is C9H15N3O2. The van der Waals surface area contributed by atoms with Gasteiger partial charge >= 0.3 is 0 Å². The summed E-state index contributed by atoms with van der Waals surface area (Å²) in [6.07, 6.45) is 0. The first-order chi connectivity index (χ1) is 6.11. The highest BCUT2D eigenvalue weighted by molar-refractivity contribution is 5.61. The zero-order chi connectivity index (χ0) is 9.84. The van der Waals surface area contributed by atoms with Crippen LogP contribution in [0.15, 0.2) is 24.3 Å². The predicted octanol–water partition coefficient (Wildman–Crippen LogP) is 2.58. The average molecular weight is 197 g/mol. The van der Waals surface area contributed by atoms with Crippen molar-refractivity contribution in [2.45, 2.75) is 19.9 Å². The summed E-state index contributed by atoms with van der Waals surface area (Å²) in [4.78, 5) is 10.2. The van der Waals surface area contributed by atoms with E-state index in [2.05, 4.69) is 5.32 Å². The Kier molecular flexibility index (Phi) is 4.58. The fourth-order valence-electron chi connectivity index (χ4n) is 1.07. The van der Waals surface area contributed by atoms with Gasteiger partial charge in [0, 0.05) is 12.1 Å². The van der Waals surface area contributed by atoms with Crippen LogP contribution in [0.5, 0.6) is 0 Å². The maximum atomic E-state index is 10.6. The summed E-state index contributed by atoms with van der Waals surface area (Å²) in [6, 6.07) is 6.82. The number of nitro benzene ring substituents is 1. The molecule has 1 aromatic carbocycles. The third-order valence-corrected chi connectivity index (χ3v) is 1.54. The fraction of sp³-hybridized carbons (Fsp3) is 0.333. The van der Waals surface area contributed by atoms with E-state index >= 15 is 0 Å². The minimum Gasteiger partial charge on any atom is -0.377 e. The van der Waals surface area contributed by atoms with Gasteiger partial charge in [-0.2, -0.15) is 0 Å². The lowest BCUT2D eigenvalue weighted by atomic mass is 10.2. The van der Waals surface area contributed by atoms with Crippen LogP contribution in [0.2, 0.25) is 0 Å². The topological polar surface area (TPSA) is 90.2 Å². The van der Waals surface area contributed by atoms with Gasteiger partial charge in [-0.05, 0) is 19.9 Å². The van der Waals surface area contributed by atoms with Crippen LogP contribution in [-0.2, 0) is 0 Å². The van der Waals surface area contributed by atoms with E-state index in [1.165, 1.54) is 6.07 Å². The standard InChI is InChI=1S/C9H12N2O2.H3N/c1-7(2)10-8-5-3-4-6-9(8)11(12)13;/h3-7,10H,1-2H3;1H3. The Labute approximate surface area is 82.9 Å². The average Bonchev–Trinajstić information content (AvgIpc) is 2.03. The fourth-order valence-corrected chi connectivity index (χ4v) is 1.07. The molecule has 1 rings (SSSR count). The number of rotatable bonds is 3. The molecule has 78 valence electrons. The zero-order valence-corrected chi connectivity index (χ0v) is 8.36. The highest BCUT2D eigenvalue weighted by Gasteiger charge is 2.11. The van der Waals surface area contributed by atoms with Crippen molar-refractivity contribution in [3.05, 3.63) is 34.4 Å². The van der Waals surface area contributed by atoms with Crippen LogP contribution in [0.4, 0.5) is 11.4 Å². The zero-order valence-electron chi connectivity index (χ0n) is 8.36. The highest BCUT2D eigenvalue weighted by atomic mass is 16.6. The smallest absolute Gasteiger partial charge is 0.292 e. The number of nitro groups is 1. The summed E-state index contributed by atoms with van der Waals surface area (Å²) in [5.74, 6) is 0. The van der Waals surface area contributed by atoms with E-state index in [1.54, 1.807) is 18.2 Å². The summed E-state index contributed by atoms with van der Waals surface area (Å²) in [5, 5.41) is 13.6. The van der Waals surface area contributed by atoms with E-state index in [1.807, 2.05) is 13.8 Å². The SMILES string of the molecule is CC(C)Nc1ccccc1[N+](=O)[O-].N. The molecule has 5 nitrogen and oxygen atoms in total. The van der Waals surface area contributed by atoms with Crippen LogP contribution in [-0.4, -0.2) is 11.0 Å². The second kappa shape index (κ2) is 5.18. The Bertz CT molecular complexity index is 313. The summed E-state index contributed by atoms with van der Waals surface area (Å²) in [6.45, 7) is 3.88. The maximum absolute atomic E-state index is 10.6. The third kappa shape index (κ3) is 3.02. The van der Waals surface area contributed by atoms with Crippen molar-refractivity contribution >= 4 is 11.4 Å². The molecule has 0 atom stereocenters. The lowest BCUT2D eigenvalue weighted by Crippen LogP contribution is -2.10. The normalized spacial score (nSPS) is 9.36. The van der Waals surface area contributed by atoms with E-state index in [0.29, 0.717) is 5.69 Å². The minimum atomic E-state index is -0.384. The van der Waals surface area contributed by atoms with Gasteiger partial charge in [0.25, 0.3) is 5.69 Å². The van der Waals surface area contributed by atoms with E-state index in [4.69, 9.17) is 0 Å². The molecule has 0 aromatic heterocycles. The van der Waals surface area contributed by atoms with E-state index < -0.39 is 0 Å². The molecule has 0 saturated heterocycles. The molecule has 0 spiro atoms. The Hall–Kier alpha value is -1.62. The number of anilines is 1. The van der Waals surface area contributed by atoms with Crippen LogP contribution in [0.1, 0.15) is 13.8 Å². The second-order valence-corrected chi connectivity index (χ2v) is 3.07. The first kappa shape index (κ1) is 12.4. The van der Waals surface area contributed by atoms with Crippen molar-refractivity contribution in [2.24, 2.45) is 0 Å². The van der Waals surface area contributed by atoms with Crippen molar-refractivity contribution in [1.29, 1.82) is 0 Å². The summed E-state index contributed by atoms with van der Waals surface area (Å²) >= 11 is 0. The summed E-state index contributed by atoms with van der Waals surface area (Å²) in [5.41, 5.74) is 0.693. The number of hydrogen-bond donors (Lipinski definition) is 2. The second-order valence-electron chi connectivity index (χ2n) is 3.07. The molecule has 0 aliphatic heterocycles. The number of hydrogen-bond acceptors (Lipinski definition) is 4. The number of benzene rings is 1. The Morgan fingerprint density at radius 1 is 1.36 bits per heavy atom. The third-order valence-electron chi connectivity index (χ3n) is 1.54. The summed E-state index contributed by atoms with van der Waals surface area (Å²) in [7, 11) is 0. The van der Waals surface area contributed by atoms with Gasteiger partial charge in [0.05, 0.1) is 4.92 Å². The molecule has 0 bridgehead atoms. The molecule has 5 heteroatoms. The van der Waals surface area contributed by atoms with E-state index in [0.717, 1.165) is 0 Å². The van der Waals surface area contributed by atoms with E-state index in [9.17, 15) is 10.1 Å². The highest BCUT2D eigenvalue weighted by Crippen LogP contribution is 2.23. The van der Waals surface area contributed by atoms with Crippen molar-refractivity contribution < 1.29 is 4.92 Å². The van der Waals surface area contributed by atoms with Gasteiger partial charge in [-0.25, -0.2) is 0 Å². The lowest BCUT2D eigenvalue weighted by molar-refractivity contribution is -0.384. The van der Waals surface area contributed by atoms with Gasteiger partial charge in [0.2, 0.25) is 0 Å².